The van der Waals surface area contributed by atoms with E-state index in [1.54, 1.807) is 18.7 Å². The summed E-state index contributed by atoms with van der Waals surface area (Å²) in [6, 6.07) is 7.75. The van der Waals surface area contributed by atoms with Crippen LogP contribution in [0.3, 0.4) is 0 Å². The van der Waals surface area contributed by atoms with Gasteiger partial charge in [0.1, 0.15) is 12.1 Å². The lowest BCUT2D eigenvalue weighted by atomic mass is 9.84. The number of hydrogen-bond donors (Lipinski definition) is 2. The van der Waals surface area contributed by atoms with E-state index < -0.39 is 24.1 Å². The zero-order chi connectivity index (χ0) is 22.4. The van der Waals surface area contributed by atoms with Crippen LogP contribution < -0.4 is 5.32 Å². The fraction of sp³-hybridized carbons (Fsp3) is 0.625. The highest BCUT2D eigenvalue weighted by Crippen LogP contribution is 2.40. The van der Waals surface area contributed by atoms with Crippen molar-refractivity contribution in [1.29, 1.82) is 0 Å². The van der Waals surface area contributed by atoms with Crippen molar-refractivity contribution in [2.45, 2.75) is 83.0 Å². The Labute approximate surface area is 184 Å². The third-order valence-electron chi connectivity index (χ3n) is 6.58. The molecule has 3 rings (SSSR count). The first-order valence-electron chi connectivity index (χ1n) is 11.4. The molecule has 1 amide bonds. The largest absolute Gasteiger partial charge is 0.480 e. The molecule has 7 nitrogen and oxygen atoms in total. The highest BCUT2D eigenvalue weighted by molar-refractivity contribution is 5.88. The van der Waals surface area contributed by atoms with E-state index in [9.17, 15) is 19.5 Å². The minimum atomic E-state index is -0.944. The van der Waals surface area contributed by atoms with Gasteiger partial charge in [0.15, 0.2) is 0 Å². The van der Waals surface area contributed by atoms with E-state index in [1.807, 2.05) is 30.3 Å². The maximum Gasteiger partial charge on any atom is 0.326 e. The number of esters is 1. The van der Waals surface area contributed by atoms with Crippen molar-refractivity contribution >= 4 is 17.8 Å². The number of likely N-dealkylation sites (tertiary alicyclic amines) is 1. The summed E-state index contributed by atoms with van der Waals surface area (Å²) >= 11 is 0. The third kappa shape index (κ3) is 5.64. The van der Waals surface area contributed by atoms with Crippen molar-refractivity contribution in [2.75, 3.05) is 6.61 Å². The van der Waals surface area contributed by atoms with Crippen LogP contribution in [0.4, 0.5) is 0 Å². The van der Waals surface area contributed by atoms with Crippen molar-refractivity contribution in [2.24, 2.45) is 5.92 Å². The Kier molecular flexibility index (Phi) is 8.07. The zero-order valence-electron chi connectivity index (χ0n) is 18.5. The number of carboxylic acid groups (broad SMARTS) is 1. The monoisotopic (exact) mass is 430 g/mol. The van der Waals surface area contributed by atoms with Gasteiger partial charge in [-0.25, -0.2) is 4.79 Å². The van der Waals surface area contributed by atoms with Gasteiger partial charge in [-0.15, -0.1) is 0 Å². The Morgan fingerprint density at radius 2 is 1.90 bits per heavy atom. The Morgan fingerprint density at radius 3 is 2.58 bits per heavy atom. The lowest BCUT2D eigenvalue weighted by Crippen LogP contribution is -2.55. The molecule has 31 heavy (non-hydrogen) atoms. The van der Waals surface area contributed by atoms with Gasteiger partial charge in [0.05, 0.1) is 12.6 Å². The summed E-state index contributed by atoms with van der Waals surface area (Å²) in [5, 5.41) is 12.9. The summed E-state index contributed by atoms with van der Waals surface area (Å²) in [5.41, 5.74) is 1.10. The third-order valence-corrected chi connectivity index (χ3v) is 6.58. The molecule has 2 N–H and O–H groups in total. The molecule has 1 aliphatic carbocycles. The van der Waals surface area contributed by atoms with Gasteiger partial charge in [-0.2, -0.15) is 0 Å². The van der Waals surface area contributed by atoms with Gasteiger partial charge < -0.3 is 14.7 Å². The minimum absolute atomic E-state index is 0.0167. The number of nitrogens with zero attached hydrogens (tertiary/aromatic N) is 1. The van der Waals surface area contributed by atoms with Crippen LogP contribution in [0.2, 0.25) is 0 Å². The van der Waals surface area contributed by atoms with Crippen LogP contribution in [-0.2, 0) is 25.5 Å². The number of carboxylic acids is 1. The van der Waals surface area contributed by atoms with E-state index in [0.29, 0.717) is 19.3 Å². The first-order valence-corrected chi connectivity index (χ1v) is 11.4. The topological polar surface area (TPSA) is 95.9 Å². The molecule has 0 bridgehead atoms. The molecule has 1 heterocycles. The van der Waals surface area contributed by atoms with E-state index in [0.717, 1.165) is 31.2 Å². The first kappa shape index (κ1) is 23.3. The average molecular weight is 431 g/mol. The SMILES string of the molecule is CCOC(=O)C(CCc1ccccc1)N[C@@H](C)C(=O)N1[C@@H]2CCCC[C@H]2C[C@H]1C(=O)O. The molecular weight excluding hydrogens is 396 g/mol. The molecule has 5 atom stereocenters. The molecule has 1 saturated carbocycles. The van der Waals surface area contributed by atoms with Gasteiger partial charge in [0.25, 0.3) is 0 Å². The number of hydrogen-bond acceptors (Lipinski definition) is 5. The van der Waals surface area contributed by atoms with E-state index in [1.165, 1.54) is 0 Å². The summed E-state index contributed by atoms with van der Waals surface area (Å²) in [4.78, 5) is 39.3. The molecule has 0 spiro atoms. The predicted molar refractivity (Wildman–Crippen MR) is 116 cm³/mol. The van der Waals surface area contributed by atoms with Crippen molar-refractivity contribution in [3.8, 4) is 0 Å². The van der Waals surface area contributed by atoms with Crippen LogP contribution >= 0.6 is 0 Å². The number of rotatable bonds is 9. The summed E-state index contributed by atoms with van der Waals surface area (Å²) in [7, 11) is 0. The average Bonchev–Trinajstić information content (AvgIpc) is 3.16. The second-order valence-electron chi connectivity index (χ2n) is 8.66. The second kappa shape index (κ2) is 10.8. The number of ether oxygens (including phenoxy) is 1. The summed E-state index contributed by atoms with van der Waals surface area (Å²) < 4.78 is 5.22. The number of aryl methyl sites for hydroxylation is 1. The summed E-state index contributed by atoms with van der Waals surface area (Å²) in [6.45, 7) is 3.74. The maximum absolute atomic E-state index is 13.4. The fourth-order valence-electron chi connectivity index (χ4n) is 5.06. The highest BCUT2D eigenvalue weighted by atomic mass is 16.5. The second-order valence-corrected chi connectivity index (χ2v) is 8.66. The van der Waals surface area contributed by atoms with E-state index in [2.05, 4.69) is 5.32 Å². The molecule has 1 aliphatic heterocycles. The number of carbonyl (C=O) groups is 3. The van der Waals surface area contributed by atoms with Crippen molar-refractivity contribution < 1.29 is 24.2 Å². The van der Waals surface area contributed by atoms with Gasteiger partial charge in [0, 0.05) is 6.04 Å². The molecule has 0 radical (unpaired) electrons. The number of benzene rings is 1. The van der Waals surface area contributed by atoms with E-state index in [4.69, 9.17) is 4.74 Å². The van der Waals surface area contributed by atoms with Crippen LogP contribution in [0.5, 0.6) is 0 Å². The fourth-order valence-corrected chi connectivity index (χ4v) is 5.06. The van der Waals surface area contributed by atoms with E-state index >= 15 is 0 Å². The molecule has 1 aromatic carbocycles. The zero-order valence-corrected chi connectivity index (χ0v) is 18.5. The normalized spacial score (nSPS) is 24.8. The maximum atomic E-state index is 13.4. The molecule has 1 unspecified atom stereocenters. The number of fused-ring (bicyclic) bond motifs is 1. The van der Waals surface area contributed by atoms with Gasteiger partial charge in [-0.05, 0) is 57.4 Å². The van der Waals surface area contributed by atoms with Gasteiger partial charge >= 0.3 is 11.9 Å². The van der Waals surface area contributed by atoms with Crippen LogP contribution in [-0.4, -0.2) is 58.6 Å². The van der Waals surface area contributed by atoms with Gasteiger partial charge in [0.2, 0.25) is 5.91 Å². The van der Waals surface area contributed by atoms with Crippen molar-refractivity contribution in [3.63, 3.8) is 0 Å². The Hall–Kier alpha value is -2.41. The molecular formula is C24H34N2O5. The van der Waals surface area contributed by atoms with E-state index in [-0.39, 0.29) is 30.4 Å². The van der Waals surface area contributed by atoms with Crippen molar-refractivity contribution in [3.05, 3.63) is 35.9 Å². The number of nitrogens with one attached hydrogen (secondary N) is 1. The number of aliphatic carboxylic acids is 1. The summed E-state index contributed by atoms with van der Waals surface area (Å²) in [6.07, 6.45) is 5.62. The summed E-state index contributed by atoms with van der Waals surface area (Å²) in [5.74, 6) is -1.31. The molecule has 170 valence electrons. The van der Waals surface area contributed by atoms with Gasteiger partial charge in [-0.1, -0.05) is 43.2 Å². The number of carbonyl (C=O) groups excluding carboxylic acids is 2. The molecule has 7 heteroatoms. The molecule has 2 aliphatic rings. The van der Waals surface area contributed by atoms with Crippen LogP contribution in [0.15, 0.2) is 30.3 Å². The minimum Gasteiger partial charge on any atom is -0.480 e. The highest BCUT2D eigenvalue weighted by Gasteiger charge is 2.48. The standard InChI is InChI=1S/C24H34N2O5/c1-3-31-24(30)19(14-13-17-9-5-4-6-10-17)25-16(2)22(27)26-20-12-8-7-11-18(20)15-21(26)23(28)29/h4-6,9-10,16,18-21,25H,3,7-8,11-15H2,1-2H3,(H,28,29)/t16-,18-,19?,20+,21-/m0/s1. The molecule has 0 aromatic heterocycles. The lowest BCUT2D eigenvalue weighted by molar-refractivity contribution is -0.152. The lowest BCUT2D eigenvalue weighted by Gasteiger charge is -2.35. The Bertz CT molecular complexity index is 768. The molecule has 1 saturated heterocycles. The Balaban J connectivity index is 1.70. The first-order chi connectivity index (χ1) is 14.9. The van der Waals surface area contributed by atoms with Crippen LogP contribution in [0, 0.1) is 5.92 Å². The van der Waals surface area contributed by atoms with Gasteiger partial charge in [-0.3, -0.25) is 14.9 Å². The van der Waals surface area contributed by atoms with Crippen LogP contribution in [0.1, 0.15) is 57.9 Å². The van der Waals surface area contributed by atoms with Crippen molar-refractivity contribution in [1.82, 2.24) is 10.2 Å². The number of amides is 1. The molecule has 1 aromatic rings. The predicted octanol–water partition coefficient (Wildman–Crippen LogP) is 2.77. The van der Waals surface area contributed by atoms with Crippen LogP contribution in [0.25, 0.3) is 0 Å². The Morgan fingerprint density at radius 1 is 1.19 bits per heavy atom. The smallest absolute Gasteiger partial charge is 0.326 e. The molecule has 2 fully saturated rings. The quantitative estimate of drug-likeness (QED) is 0.585.